The van der Waals surface area contributed by atoms with Gasteiger partial charge in [-0.25, -0.2) is 0 Å². The third-order valence-electron chi connectivity index (χ3n) is 2.65. The first-order valence-corrected chi connectivity index (χ1v) is 4.49. The van der Waals surface area contributed by atoms with Gasteiger partial charge in [-0.05, 0) is 13.0 Å². The Morgan fingerprint density at radius 2 is 2.38 bits per heavy atom. The highest BCUT2D eigenvalue weighted by Gasteiger charge is 2.35. The van der Waals surface area contributed by atoms with E-state index in [4.69, 9.17) is 4.52 Å². The molecule has 2 aliphatic rings. The summed E-state index contributed by atoms with van der Waals surface area (Å²) in [6, 6.07) is 0.697. The van der Waals surface area contributed by atoms with Gasteiger partial charge in [0.15, 0.2) is 5.76 Å². The van der Waals surface area contributed by atoms with Crippen LogP contribution in [0, 0.1) is 0 Å². The Labute approximate surface area is 76.0 Å². The van der Waals surface area contributed by atoms with E-state index in [1.165, 1.54) is 0 Å². The molecule has 2 heterocycles. The van der Waals surface area contributed by atoms with Gasteiger partial charge < -0.3 is 4.52 Å². The molecule has 0 radical (unpaired) electrons. The molecule has 3 unspecified atom stereocenters. The minimum Gasteiger partial charge on any atom is -0.357 e. The summed E-state index contributed by atoms with van der Waals surface area (Å²) in [6.45, 7) is 2.11. The van der Waals surface area contributed by atoms with E-state index < -0.39 is 0 Å². The first-order valence-electron chi connectivity index (χ1n) is 4.49. The lowest BCUT2D eigenvalue weighted by Gasteiger charge is -2.17. The Bertz CT molecular complexity index is 357. The summed E-state index contributed by atoms with van der Waals surface area (Å²) in [4.78, 5) is 0. The normalized spacial score (nSPS) is 35.9. The SMILES string of the molecule is CC1NC2C=Cc3oncc3C2N1. The first-order chi connectivity index (χ1) is 6.34. The predicted molar refractivity (Wildman–Crippen MR) is 47.8 cm³/mol. The van der Waals surface area contributed by atoms with Crippen molar-refractivity contribution in [3.05, 3.63) is 23.6 Å². The third-order valence-corrected chi connectivity index (χ3v) is 2.65. The number of aromatic nitrogens is 1. The molecule has 68 valence electrons. The van der Waals surface area contributed by atoms with E-state index >= 15 is 0 Å². The molecule has 4 nitrogen and oxygen atoms in total. The van der Waals surface area contributed by atoms with Crippen molar-refractivity contribution >= 4 is 6.08 Å². The maximum absolute atomic E-state index is 5.09. The average molecular weight is 177 g/mol. The van der Waals surface area contributed by atoms with Gasteiger partial charge in [0.25, 0.3) is 0 Å². The van der Waals surface area contributed by atoms with Gasteiger partial charge in [-0.1, -0.05) is 11.2 Å². The van der Waals surface area contributed by atoms with Gasteiger partial charge >= 0.3 is 0 Å². The number of hydrogen-bond acceptors (Lipinski definition) is 4. The summed E-state index contributed by atoms with van der Waals surface area (Å²) in [7, 11) is 0. The van der Waals surface area contributed by atoms with E-state index in [0.717, 1.165) is 11.3 Å². The average Bonchev–Trinajstić information content (AvgIpc) is 2.65. The van der Waals surface area contributed by atoms with E-state index in [1.54, 1.807) is 6.20 Å². The Kier molecular flexibility index (Phi) is 1.36. The molecular formula is C9H11N3O. The molecule has 1 saturated heterocycles. The summed E-state index contributed by atoms with van der Waals surface area (Å²) in [5.74, 6) is 0.879. The Morgan fingerprint density at radius 1 is 1.46 bits per heavy atom. The Balaban J connectivity index is 2.05. The second-order valence-electron chi connectivity index (χ2n) is 3.56. The van der Waals surface area contributed by atoms with Crippen molar-refractivity contribution in [2.24, 2.45) is 0 Å². The molecular weight excluding hydrogens is 166 g/mol. The van der Waals surface area contributed by atoms with Crippen LogP contribution in [0.5, 0.6) is 0 Å². The first kappa shape index (κ1) is 7.29. The van der Waals surface area contributed by atoms with Crippen LogP contribution in [0.25, 0.3) is 6.08 Å². The summed E-state index contributed by atoms with van der Waals surface area (Å²) in [5, 5.41) is 10.6. The summed E-state index contributed by atoms with van der Waals surface area (Å²) in [5.41, 5.74) is 1.16. The van der Waals surface area contributed by atoms with Crippen LogP contribution in [-0.4, -0.2) is 17.4 Å². The second-order valence-corrected chi connectivity index (χ2v) is 3.56. The fourth-order valence-corrected chi connectivity index (χ4v) is 2.06. The maximum Gasteiger partial charge on any atom is 0.164 e. The lowest BCUT2D eigenvalue weighted by atomic mass is 9.96. The lowest BCUT2D eigenvalue weighted by Crippen LogP contribution is -2.29. The van der Waals surface area contributed by atoms with E-state index in [2.05, 4.69) is 28.8 Å². The molecule has 1 aliphatic carbocycles. The number of nitrogens with zero attached hydrogens (tertiary/aromatic N) is 1. The van der Waals surface area contributed by atoms with Crippen LogP contribution in [0.3, 0.4) is 0 Å². The highest BCUT2D eigenvalue weighted by molar-refractivity contribution is 5.53. The molecule has 1 aliphatic heterocycles. The zero-order valence-corrected chi connectivity index (χ0v) is 7.32. The summed E-state index contributed by atoms with van der Waals surface area (Å²) >= 11 is 0. The van der Waals surface area contributed by atoms with Gasteiger partial charge in [-0.15, -0.1) is 0 Å². The van der Waals surface area contributed by atoms with E-state index in [9.17, 15) is 0 Å². The van der Waals surface area contributed by atoms with E-state index in [0.29, 0.717) is 18.2 Å². The number of rotatable bonds is 0. The van der Waals surface area contributed by atoms with Crippen molar-refractivity contribution in [3.8, 4) is 0 Å². The lowest BCUT2D eigenvalue weighted by molar-refractivity contribution is 0.408. The molecule has 4 heteroatoms. The van der Waals surface area contributed by atoms with Crippen LogP contribution < -0.4 is 10.6 Å². The van der Waals surface area contributed by atoms with Crippen molar-refractivity contribution < 1.29 is 4.52 Å². The second kappa shape index (κ2) is 2.43. The molecule has 0 spiro atoms. The maximum atomic E-state index is 5.09. The Morgan fingerprint density at radius 3 is 3.31 bits per heavy atom. The van der Waals surface area contributed by atoms with Crippen LogP contribution in [0.4, 0.5) is 0 Å². The molecule has 2 N–H and O–H groups in total. The Hall–Kier alpha value is -1.13. The molecule has 0 saturated carbocycles. The topological polar surface area (TPSA) is 50.1 Å². The van der Waals surface area contributed by atoms with E-state index in [1.807, 2.05) is 6.08 Å². The highest BCUT2D eigenvalue weighted by atomic mass is 16.5. The van der Waals surface area contributed by atoms with Gasteiger partial charge in [0.2, 0.25) is 0 Å². The number of nitrogens with one attached hydrogen (secondary N) is 2. The van der Waals surface area contributed by atoms with Crippen molar-refractivity contribution in [1.82, 2.24) is 15.8 Å². The highest BCUT2D eigenvalue weighted by Crippen LogP contribution is 2.30. The molecule has 3 atom stereocenters. The van der Waals surface area contributed by atoms with Crippen molar-refractivity contribution in [1.29, 1.82) is 0 Å². The molecule has 0 aromatic carbocycles. The van der Waals surface area contributed by atoms with Crippen LogP contribution in [-0.2, 0) is 0 Å². The van der Waals surface area contributed by atoms with Crippen LogP contribution in [0.1, 0.15) is 24.3 Å². The molecule has 13 heavy (non-hydrogen) atoms. The van der Waals surface area contributed by atoms with Gasteiger partial charge in [0, 0.05) is 11.6 Å². The number of fused-ring (bicyclic) bond motifs is 3. The minimum absolute atomic E-state index is 0.321. The number of hydrogen-bond donors (Lipinski definition) is 2. The van der Waals surface area contributed by atoms with Crippen molar-refractivity contribution in [3.63, 3.8) is 0 Å². The van der Waals surface area contributed by atoms with Crippen molar-refractivity contribution in [2.75, 3.05) is 0 Å². The molecule has 1 fully saturated rings. The van der Waals surface area contributed by atoms with Gasteiger partial charge in [-0.3, -0.25) is 10.6 Å². The van der Waals surface area contributed by atoms with Crippen LogP contribution in [0.15, 0.2) is 16.8 Å². The summed E-state index contributed by atoms with van der Waals surface area (Å²) < 4.78 is 5.09. The fraction of sp³-hybridized carbons (Fsp3) is 0.444. The zero-order valence-electron chi connectivity index (χ0n) is 7.32. The molecule has 1 aromatic rings. The predicted octanol–water partition coefficient (Wildman–Crippen LogP) is 0.650. The molecule has 0 amide bonds. The third kappa shape index (κ3) is 0.959. The smallest absolute Gasteiger partial charge is 0.164 e. The van der Waals surface area contributed by atoms with Crippen LogP contribution in [0.2, 0.25) is 0 Å². The van der Waals surface area contributed by atoms with Gasteiger partial charge in [0.1, 0.15) is 0 Å². The molecule has 3 rings (SSSR count). The molecule has 1 aromatic heterocycles. The monoisotopic (exact) mass is 177 g/mol. The fourth-order valence-electron chi connectivity index (χ4n) is 2.06. The van der Waals surface area contributed by atoms with E-state index in [-0.39, 0.29) is 0 Å². The quantitative estimate of drug-likeness (QED) is 0.611. The minimum atomic E-state index is 0.321. The summed E-state index contributed by atoms with van der Waals surface area (Å²) in [6.07, 6.45) is 6.24. The van der Waals surface area contributed by atoms with Crippen LogP contribution >= 0.6 is 0 Å². The van der Waals surface area contributed by atoms with Gasteiger partial charge in [-0.2, -0.15) is 0 Å². The standard InChI is InChI=1S/C9H11N3O/c1-5-11-7-2-3-8-6(4-10-13-8)9(7)12-5/h2-5,7,9,11-12H,1H3. The zero-order chi connectivity index (χ0) is 8.84. The van der Waals surface area contributed by atoms with Crippen molar-refractivity contribution in [2.45, 2.75) is 25.2 Å². The van der Waals surface area contributed by atoms with Gasteiger partial charge in [0.05, 0.1) is 18.4 Å². The largest absolute Gasteiger partial charge is 0.357 e. The molecule has 0 bridgehead atoms.